The molecule has 0 aliphatic rings. The average molecular weight is 1120 g/mol. The molecule has 6 nitrogen and oxygen atoms in total. The molecule has 0 aliphatic carbocycles. The summed E-state index contributed by atoms with van der Waals surface area (Å²) < 4.78 is 16.9. The number of esters is 3. The molecule has 6 heteroatoms. The lowest BCUT2D eigenvalue weighted by molar-refractivity contribution is -0.167. The number of hydrogen-bond donors (Lipinski definition) is 0. The highest BCUT2D eigenvalue weighted by atomic mass is 16.6. The minimum Gasteiger partial charge on any atom is -0.462 e. The molecule has 0 saturated carbocycles. The highest BCUT2D eigenvalue weighted by Crippen LogP contribution is 2.14. The van der Waals surface area contributed by atoms with Crippen LogP contribution in [0.2, 0.25) is 0 Å². The number of allylic oxidation sites excluding steroid dienone is 24. The first-order valence-corrected chi connectivity index (χ1v) is 33.3. The highest BCUT2D eigenvalue weighted by molar-refractivity contribution is 5.71. The van der Waals surface area contributed by atoms with Gasteiger partial charge in [-0.1, -0.05) is 269 Å². The Balaban J connectivity index is 4.51. The predicted octanol–water partition coefficient (Wildman–Crippen LogP) is 23.1. The fourth-order valence-electron chi connectivity index (χ4n) is 8.81. The smallest absolute Gasteiger partial charge is 0.306 e. The second-order valence-electron chi connectivity index (χ2n) is 21.6. The minimum absolute atomic E-state index is 0.104. The maximum absolute atomic E-state index is 12.9. The Labute approximate surface area is 499 Å². The lowest BCUT2D eigenvalue weighted by atomic mass is 10.1. The van der Waals surface area contributed by atoms with E-state index in [-0.39, 0.29) is 31.1 Å². The van der Waals surface area contributed by atoms with Crippen LogP contribution in [0.4, 0.5) is 0 Å². The first-order chi connectivity index (χ1) is 40.0. The van der Waals surface area contributed by atoms with Gasteiger partial charge in [0.25, 0.3) is 0 Å². The standard InChI is InChI=1S/C75H122O6/c1-4-7-10-13-16-19-22-25-28-31-33-34-35-36-37-38-39-40-42-44-47-50-53-56-59-62-65-68-74(77)80-71-72(70-79-73(76)67-64-61-58-55-52-49-46-43-30-27-24-21-18-15-12-9-6-3)81-75(78)69-66-63-60-57-54-51-48-45-41-32-29-26-23-20-17-14-11-8-5-2/h7,10,16-17,19-20,25-30,33-34,36-37,39-41,44-45,47,53,56,72H,4-6,8-9,11-15,18,21-24,31-32,35,38,42-43,46,48-52,54-55,57-71H2,1-3H3/b10-7-,19-16-,20-17-,28-25-,29-26-,30-27-,34-33-,37-36-,40-39-,45-41-,47-44-,56-53-. The van der Waals surface area contributed by atoms with Crippen LogP contribution in [0.25, 0.3) is 0 Å². The molecule has 0 aromatic rings. The predicted molar refractivity (Wildman–Crippen MR) is 352 cm³/mol. The molecular weight excluding hydrogens is 997 g/mol. The number of carbonyl (C=O) groups is 3. The summed E-state index contributed by atoms with van der Waals surface area (Å²) in [6.07, 6.45) is 97.0. The zero-order valence-electron chi connectivity index (χ0n) is 52.5. The molecule has 0 saturated heterocycles. The largest absolute Gasteiger partial charge is 0.462 e. The Morgan fingerprint density at radius 1 is 0.259 bits per heavy atom. The lowest BCUT2D eigenvalue weighted by Gasteiger charge is -2.18. The number of ether oxygens (including phenoxy) is 3. The van der Waals surface area contributed by atoms with Crippen molar-refractivity contribution in [1.82, 2.24) is 0 Å². The molecule has 0 fully saturated rings. The van der Waals surface area contributed by atoms with Gasteiger partial charge in [0.2, 0.25) is 0 Å². The van der Waals surface area contributed by atoms with Crippen LogP contribution in [0.5, 0.6) is 0 Å². The van der Waals surface area contributed by atoms with Crippen molar-refractivity contribution in [2.45, 2.75) is 297 Å². The maximum atomic E-state index is 12.9. The van der Waals surface area contributed by atoms with Crippen molar-refractivity contribution >= 4 is 17.9 Å². The van der Waals surface area contributed by atoms with Crippen molar-refractivity contribution in [3.63, 3.8) is 0 Å². The van der Waals surface area contributed by atoms with Gasteiger partial charge in [0.1, 0.15) is 13.2 Å². The van der Waals surface area contributed by atoms with E-state index in [1.165, 1.54) is 116 Å². The van der Waals surface area contributed by atoms with E-state index >= 15 is 0 Å². The highest BCUT2D eigenvalue weighted by Gasteiger charge is 2.19. The fourth-order valence-corrected chi connectivity index (χ4v) is 8.81. The van der Waals surface area contributed by atoms with Gasteiger partial charge >= 0.3 is 17.9 Å². The number of hydrogen-bond acceptors (Lipinski definition) is 6. The van der Waals surface area contributed by atoms with E-state index in [2.05, 4.69) is 167 Å². The Hall–Kier alpha value is -4.71. The molecule has 0 aromatic heterocycles. The van der Waals surface area contributed by atoms with Crippen LogP contribution in [-0.4, -0.2) is 37.2 Å². The van der Waals surface area contributed by atoms with E-state index in [9.17, 15) is 14.4 Å². The van der Waals surface area contributed by atoms with Crippen LogP contribution in [0.15, 0.2) is 146 Å². The van der Waals surface area contributed by atoms with Crippen LogP contribution in [0, 0.1) is 0 Å². The first-order valence-electron chi connectivity index (χ1n) is 33.3. The summed E-state index contributed by atoms with van der Waals surface area (Å²) in [6.45, 7) is 6.45. The lowest BCUT2D eigenvalue weighted by Crippen LogP contribution is -2.30. The minimum atomic E-state index is -0.813. The monoisotopic (exact) mass is 1120 g/mol. The molecule has 0 rings (SSSR count). The van der Waals surface area contributed by atoms with Gasteiger partial charge in [-0.05, 0) is 148 Å². The third kappa shape index (κ3) is 66.0. The Kier molecular flexibility index (Phi) is 63.9. The van der Waals surface area contributed by atoms with Gasteiger partial charge in [0, 0.05) is 19.3 Å². The molecule has 81 heavy (non-hydrogen) atoms. The molecule has 0 aromatic carbocycles. The van der Waals surface area contributed by atoms with Gasteiger partial charge in [-0.2, -0.15) is 0 Å². The zero-order chi connectivity index (χ0) is 58.5. The van der Waals surface area contributed by atoms with Crippen molar-refractivity contribution in [2.24, 2.45) is 0 Å². The van der Waals surface area contributed by atoms with Gasteiger partial charge in [0.15, 0.2) is 6.10 Å². The first kappa shape index (κ1) is 76.3. The normalized spacial score (nSPS) is 13.1. The van der Waals surface area contributed by atoms with Crippen LogP contribution in [-0.2, 0) is 28.6 Å². The van der Waals surface area contributed by atoms with Crippen LogP contribution in [0.1, 0.15) is 290 Å². The molecule has 0 radical (unpaired) electrons. The summed E-state index contributed by atoms with van der Waals surface area (Å²) in [6, 6.07) is 0. The summed E-state index contributed by atoms with van der Waals surface area (Å²) in [5, 5.41) is 0. The number of carbonyl (C=O) groups excluding carboxylic acids is 3. The van der Waals surface area contributed by atoms with Gasteiger partial charge in [-0.15, -0.1) is 0 Å². The van der Waals surface area contributed by atoms with Crippen LogP contribution >= 0.6 is 0 Å². The summed E-state index contributed by atoms with van der Waals surface area (Å²) in [5.41, 5.74) is 0. The summed E-state index contributed by atoms with van der Waals surface area (Å²) in [4.78, 5) is 38.4. The van der Waals surface area contributed by atoms with Crippen molar-refractivity contribution in [1.29, 1.82) is 0 Å². The average Bonchev–Trinajstić information content (AvgIpc) is 3.47. The molecule has 0 N–H and O–H groups in total. The molecular formula is C75H122O6. The van der Waals surface area contributed by atoms with Gasteiger partial charge < -0.3 is 14.2 Å². The molecule has 458 valence electrons. The van der Waals surface area contributed by atoms with E-state index in [4.69, 9.17) is 14.2 Å². The molecule has 0 heterocycles. The topological polar surface area (TPSA) is 78.9 Å². The molecule has 0 aliphatic heterocycles. The van der Waals surface area contributed by atoms with Crippen LogP contribution < -0.4 is 0 Å². The quantitative estimate of drug-likeness (QED) is 0.0261. The Bertz CT molecular complexity index is 1760. The molecule has 1 atom stereocenters. The molecule has 0 spiro atoms. The van der Waals surface area contributed by atoms with Crippen molar-refractivity contribution < 1.29 is 28.6 Å². The molecule has 0 bridgehead atoms. The zero-order valence-corrected chi connectivity index (χ0v) is 52.5. The number of rotatable bonds is 59. The second kappa shape index (κ2) is 67.8. The van der Waals surface area contributed by atoms with Crippen molar-refractivity contribution in [3.8, 4) is 0 Å². The Morgan fingerprint density at radius 3 is 0.815 bits per heavy atom. The van der Waals surface area contributed by atoms with Gasteiger partial charge in [-0.25, -0.2) is 0 Å². The van der Waals surface area contributed by atoms with E-state index in [1.54, 1.807) is 0 Å². The number of unbranched alkanes of at least 4 members (excludes halogenated alkanes) is 24. The maximum Gasteiger partial charge on any atom is 0.306 e. The fraction of sp³-hybridized carbons (Fsp3) is 0.640. The van der Waals surface area contributed by atoms with E-state index in [1.807, 2.05) is 0 Å². The van der Waals surface area contributed by atoms with E-state index < -0.39 is 6.10 Å². The SMILES string of the molecule is CC/C=C\C/C=C\C/C=C\C/C=C\C/C=C\C/C=C\C/C=C\C/C=C\CCCCC(=O)OCC(COC(=O)CCCCCCCCC/C=C\CCCCCCCC)OC(=O)CCCCCCCC/C=C\C/C=C\C/C=C\CCCCC. The molecule has 0 amide bonds. The summed E-state index contributed by atoms with van der Waals surface area (Å²) in [5.74, 6) is -0.964. The van der Waals surface area contributed by atoms with Gasteiger partial charge in [-0.3, -0.25) is 14.4 Å². The van der Waals surface area contributed by atoms with Gasteiger partial charge in [0.05, 0.1) is 0 Å². The summed E-state index contributed by atoms with van der Waals surface area (Å²) >= 11 is 0. The van der Waals surface area contributed by atoms with E-state index in [0.717, 1.165) is 128 Å². The third-order valence-electron chi connectivity index (χ3n) is 13.8. The van der Waals surface area contributed by atoms with Crippen molar-refractivity contribution in [3.05, 3.63) is 146 Å². The second-order valence-corrected chi connectivity index (χ2v) is 21.6. The van der Waals surface area contributed by atoms with Crippen LogP contribution in [0.3, 0.4) is 0 Å². The van der Waals surface area contributed by atoms with Crippen molar-refractivity contribution in [2.75, 3.05) is 13.2 Å². The Morgan fingerprint density at radius 2 is 0.481 bits per heavy atom. The summed E-state index contributed by atoms with van der Waals surface area (Å²) in [7, 11) is 0. The third-order valence-corrected chi connectivity index (χ3v) is 13.8. The van der Waals surface area contributed by atoms with E-state index in [0.29, 0.717) is 25.7 Å². The molecule has 1 unspecified atom stereocenters.